The molecule has 0 aliphatic carbocycles. The minimum absolute atomic E-state index is 0.0550. The van der Waals surface area contributed by atoms with Crippen LogP contribution in [0.15, 0.2) is 0 Å². The summed E-state index contributed by atoms with van der Waals surface area (Å²) in [5, 5.41) is 14.5. The second-order valence-electron chi connectivity index (χ2n) is 5.98. The summed E-state index contributed by atoms with van der Waals surface area (Å²) in [6.07, 6.45) is 2.55. The van der Waals surface area contributed by atoms with Crippen molar-refractivity contribution in [2.45, 2.75) is 51.1 Å². The van der Waals surface area contributed by atoms with E-state index in [2.05, 4.69) is 15.5 Å². The zero-order valence-corrected chi connectivity index (χ0v) is 12.0. The summed E-state index contributed by atoms with van der Waals surface area (Å²) in [4.78, 5) is 24.6. The number of aliphatic carboxylic acids is 1. The Morgan fingerprint density at radius 3 is 2.68 bits per heavy atom. The molecule has 0 spiro atoms. The van der Waals surface area contributed by atoms with E-state index in [1.165, 1.54) is 0 Å². The number of rotatable bonds is 5. The molecule has 1 aliphatic rings. The van der Waals surface area contributed by atoms with Crippen LogP contribution in [0.3, 0.4) is 0 Å². The molecule has 1 unspecified atom stereocenters. The van der Waals surface area contributed by atoms with Crippen LogP contribution in [-0.4, -0.2) is 53.7 Å². The van der Waals surface area contributed by atoms with Crippen molar-refractivity contribution in [3.8, 4) is 0 Å². The molecule has 0 radical (unpaired) electrons. The van der Waals surface area contributed by atoms with Crippen molar-refractivity contribution in [3.63, 3.8) is 0 Å². The number of amides is 2. The van der Waals surface area contributed by atoms with Crippen molar-refractivity contribution in [1.29, 1.82) is 0 Å². The van der Waals surface area contributed by atoms with E-state index < -0.39 is 11.5 Å². The van der Waals surface area contributed by atoms with E-state index in [-0.39, 0.29) is 18.5 Å². The van der Waals surface area contributed by atoms with E-state index in [4.69, 9.17) is 5.11 Å². The lowest BCUT2D eigenvalue weighted by atomic mass is 9.98. The fourth-order valence-corrected chi connectivity index (χ4v) is 2.29. The number of likely N-dealkylation sites (N-methyl/N-ethyl adjacent to an activating group) is 1. The van der Waals surface area contributed by atoms with E-state index in [1.54, 1.807) is 0 Å². The van der Waals surface area contributed by atoms with Crippen LogP contribution in [0, 0.1) is 0 Å². The fraction of sp³-hybridized carbons (Fsp3) is 0.846. The predicted octanol–water partition coefficient (Wildman–Crippen LogP) is 1.02. The first-order valence-corrected chi connectivity index (χ1v) is 6.77. The van der Waals surface area contributed by atoms with Gasteiger partial charge in [-0.2, -0.15) is 0 Å². The minimum atomic E-state index is -0.843. The Balaban J connectivity index is 2.34. The van der Waals surface area contributed by atoms with Gasteiger partial charge in [-0.25, -0.2) is 4.79 Å². The molecule has 6 heteroatoms. The van der Waals surface area contributed by atoms with Gasteiger partial charge in [-0.1, -0.05) is 0 Å². The Labute approximate surface area is 114 Å². The number of carbonyl (C=O) groups excluding carboxylic acids is 1. The normalized spacial score (nSPS) is 20.9. The number of likely N-dealkylation sites (tertiary alicyclic amines) is 1. The number of nitrogens with one attached hydrogen (secondary N) is 2. The summed E-state index contributed by atoms with van der Waals surface area (Å²) in [6.45, 7) is 5.61. The van der Waals surface area contributed by atoms with Crippen molar-refractivity contribution in [2.24, 2.45) is 0 Å². The Hall–Kier alpha value is -1.30. The van der Waals surface area contributed by atoms with Crippen LogP contribution in [0.4, 0.5) is 4.79 Å². The number of hydrogen-bond donors (Lipinski definition) is 3. The van der Waals surface area contributed by atoms with Crippen LogP contribution in [-0.2, 0) is 4.79 Å². The third-order valence-corrected chi connectivity index (χ3v) is 3.38. The molecule has 6 nitrogen and oxygen atoms in total. The van der Waals surface area contributed by atoms with E-state index in [0.717, 1.165) is 25.9 Å². The first-order valence-electron chi connectivity index (χ1n) is 6.77. The van der Waals surface area contributed by atoms with Crippen LogP contribution < -0.4 is 10.6 Å². The molecule has 0 aromatic heterocycles. The van der Waals surface area contributed by atoms with Gasteiger partial charge in [0.25, 0.3) is 0 Å². The fourth-order valence-electron chi connectivity index (χ4n) is 2.29. The molecule has 1 fully saturated rings. The highest BCUT2D eigenvalue weighted by atomic mass is 16.4. The van der Waals surface area contributed by atoms with E-state index in [1.807, 2.05) is 20.9 Å². The molecule has 1 saturated heterocycles. The van der Waals surface area contributed by atoms with Gasteiger partial charge in [0.2, 0.25) is 0 Å². The summed E-state index contributed by atoms with van der Waals surface area (Å²) in [6, 6.07) is -0.0373. The molecular weight excluding hydrogens is 246 g/mol. The van der Waals surface area contributed by atoms with Crippen LogP contribution in [0.25, 0.3) is 0 Å². The molecule has 2 amide bonds. The van der Waals surface area contributed by atoms with Crippen molar-refractivity contribution < 1.29 is 14.7 Å². The number of urea groups is 1. The van der Waals surface area contributed by atoms with Crippen LogP contribution >= 0.6 is 0 Å². The van der Waals surface area contributed by atoms with Gasteiger partial charge in [-0.3, -0.25) is 4.79 Å². The summed E-state index contributed by atoms with van der Waals surface area (Å²) in [5.41, 5.74) is -0.511. The molecule has 1 atom stereocenters. The number of nitrogens with zero attached hydrogens (tertiary/aromatic N) is 1. The SMILES string of the molecule is CN1CCCC(NC(=O)NC(C)(C)CCC(=O)O)C1. The highest BCUT2D eigenvalue weighted by Crippen LogP contribution is 2.12. The maximum Gasteiger partial charge on any atom is 0.315 e. The number of piperidine rings is 1. The van der Waals surface area contributed by atoms with Gasteiger partial charge in [0.1, 0.15) is 0 Å². The standard InChI is InChI=1S/C13H25N3O3/c1-13(2,7-6-11(17)18)15-12(19)14-10-5-4-8-16(3)9-10/h10H,4-9H2,1-3H3,(H,17,18)(H2,14,15,19). The van der Waals surface area contributed by atoms with Crippen molar-refractivity contribution in [1.82, 2.24) is 15.5 Å². The molecule has 1 rings (SSSR count). The summed E-state index contributed by atoms with van der Waals surface area (Å²) >= 11 is 0. The zero-order chi connectivity index (χ0) is 14.5. The minimum Gasteiger partial charge on any atom is -0.481 e. The molecule has 0 aromatic carbocycles. The lowest BCUT2D eigenvalue weighted by Crippen LogP contribution is -2.54. The van der Waals surface area contributed by atoms with Gasteiger partial charge in [0.15, 0.2) is 0 Å². The Kier molecular flexibility index (Phi) is 5.60. The van der Waals surface area contributed by atoms with E-state index in [0.29, 0.717) is 6.42 Å². The highest BCUT2D eigenvalue weighted by molar-refractivity contribution is 5.75. The lowest BCUT2D eigenvalue weighted by molar-refractivity contribution is -0.137. The molecule has 0 bridgehead atoms. The molecule has 110 valence electrons. The Morgan fingerprint density at radius 1 is 1.42 bits per heavy atom. The van der Waals surface area contributed by atoms with Gasteiger partial charge in [0, 0.05) is 24.5 Å². The quantitative estimate of drug-likeness (QED) is 0.697. The lowest BCUT2D eigenvalue weighted by Gasteiger charge is -2.32. The second-order valence-corrected chi connectivity index (χ2v) is 5.98. The largest absolute Gasteiger partial charge is 0.481 e. The first-order chi connectivity index (χ1) is 8.78. The average Bonchev–Trinajstić information content (AvgIpc) is 2.25. The van der Waals surface area contributed by atoms with Crippen LogP contribution in [0.1, 0.15) is 39.5 Å². The topological polar surface area (TPSA) is 81.7 Å². The van der Waals surface area contributed by atoms with Crippen LogP contribution in [0.5, 0.6) is 0 Å². The Bertz CT molecular complexity index is 331. The van der Waals surface area contributed by atoms with Crippen molar-refractivity contribution in [3.05, 3.63) is 0 Å². The van der Waals surface area contributed by atoms with E-state index >= 15 is 0 Å². The molecule has 1 aliphatic heterocycles. The molecule has 19 heavy (non-hydrogen) atoms. The number of carboxylic acids is 1. The number of hydrogen-bond acceptors (Lipinski definition) is 3. The molecular formula is C13H25N3O3. The molecule has 1 heterocycles. The monoisotopic (exact) mass is 271 g/mol. The van der Waals surface area contributed by atoms with Crippen LogP contribution in [0.2, 0.25) is 0 Å². The smallest absolute Gasteiger partial charge is 0.315 e. The van der Waals surface area contributed by atoms with Gasteiger partial charge in [0.05, 0.1) is 0 Å². The number of carbonyl (C=O) groups is 2. The van der Waals surface area contributed by atoms with E-state index in [9.17, 15) is 9.59 Å². The highest BCUT2D eigenvalue weighted by Gasteiger charge is 2.24. The van der Waals surface area contributed by atoms with Gasteiger partial charge < -0.3 is 20.6 Å². The van der Waals surface area contributed by atoms with Gasteiger partial charge in [-0.05, 0) is 46.7 Å². The summed E-state index contributed by atoms with van der Waals surface area (Å²) in [5.74, 6) is -0.843. The molecule has 0 aromatic rings. The van der Waals surface area contributed by atoms with Crippen molar-refractivity contribution >= 4 is 12.0 Å². The maximum absolute atomic E-state index is 11.9. The zero-order valence-electron chi connectivity index (χ0n) is 12.0. The maximum atomic E-state index is 11.9. The average molecular weight is 271 g/mol. The predicted molar refractivity (Wildman–Crippen MR) is 73.1 cm³/mol. The van der Waals surface area contributed by atoms with Crippen molar-refractivity contribution in [2.75, 3.05) is 20.1 Å². The second kappa shape index (κ2) is 6.75. The third-order valence-electron chi connectivity index (χ3n) is 3.38. The molecule has 3 N–H and O–H groups in total. The third kappa shape index (κ3) is 6.42. The summed E-state index contributed by atoms with van der Waals surface area (Å²) in [7, 11) is 2.04. The summed E-state index contributed by atoms with van der Waals surface area (Å²) < 4.78 is 0. The van der Waals surface area contributed by atoms with Gasteiger partial charge in [-0.15, -0.1) is 0 Å². The molecule has 0 saturated carbocycles. The first kappa shape index (κ1) is 15.8. The van der Waals surface area contributed by atoms with Gasteiger partial charge >= 0.3 is 12.0 Å². The number of carboxylic acid groups (broad SMARTS) is 1. The Morgan fingerprint density at radius 2 is 2.11 bits per heavy atom.